The second-order valence-electron chi connectivity index (χ2n) is 14.6. The summed E-state index contributed by atoms with van der Waals surface area (Å²) in [6, 6.07) is 46.7. The number of pyridine rings is 8. The Morgan fingerprint density at radius 3 is 1.34 bits per heavy atom. The zero-order valence-electron chi connectivity index (χ0n) is 33.8. The monoisotopic (exact) mass is 806 g/mol. The molecule has 10 rings (SSSR count). The van der Waals surface area contributed by atoms with E-state index in [9.17, 15) is 0 Å². The van der Waals surface area contributed by atoms with E-state index in [0.717, 1.165) is 62.8 Å². The fraction of sp³-hybridized carbons (Fsp3) is 0.0800. The molecule has 10 heterocycles. The molecular weight excluding hydrogens is 769 g/mol. The lowest BCUT2D eigenvalue weighted by Crippen LogP contribution is -2.48. The van der Waals surface area contributed by atoms with Gasteiger partial charge in [-0.2, -0.15) is 0 Å². The van der Waals surface area contributed by atoms with E-state index in [1.807, 2.05) is 153 Å². The summed E-state index contributed by atoms with van der Waals surface area (Å²) < 4.78 is 0. The molecule has 2 aliphatic heterocycles. The van der Waals surface area contributed by atoms with Gasteiger partial charge in [0.05, 0.1) is 74.0 Å². The zero-order chi connectivity index (χ0) is 41.8. The van der Waals surface area contributed by atoms with Crippen molar-refractivity contribution in [2.24, 2.45) is 9.98 Å². The molecule has 0 aliphatic carbocycles. The first-order valence-electron chi connectivity index (χ1n) is 20.2. The maximum absolute atomic E-state index is 5.30. The molecule has 0 saturated heterocycles. The highest BCUT2D eigenvalue weighted by molar-refractivity contribution is 6.09. The quantitative estimate of drug-likeness (QED) is 0.139. The molecule has 2 aliphatic rings. The van der Waals surface area contributed by atoms with Crippen LogP contribution in [0.4, 0.5) is 0 Å². The first-order valence-corrected chi connectivity index (χ1v) is 20.2. The van der Waals surface area contributed by atoms with Gasteiger partial charge in [-0.3, -0.25) is 15.0 Å². The number of likely N-dealkylation sites (N-methyl/N-ethyl adjacent to an activating group) is 2. The molecule has 0 amide bonds. The van der Waals surface area contributed by atoms with Crippen LogP contribution in [-0.2, 0) is 0 Å². The molecule has 298 valence electrons. The first-order chi connectivity index (χ1) is 30.6. The molecule has 0 spiro atoms. The van der Waals surface area contributed by atoms with Crippen molar-refractivity contribution in [1.29, 1.82) is 0 Å². The molecule has 12 nitrogen and oxygen atoms in total. The summed E-state index contributed by atoms with van der Waals surface area (Å²) in [5, 5.41) is 0. The summed E-state index contributed by atoms with van der Waals surface area (Å²) in [5.41, 5.74) is 10.6. The highest BCUT2D eigenvalue weighted by Gasteiger charge is 2.34. The van der Waals surface area contributed by atoms with Crippen molar-refractivity contribution in [2.45, 2.75) is 12.2 Å². The van der Waals surface area contributed by atoms with Crippen LogP contribution in [0.2, 0.25) is 0 Å². The average molecular weight is 807 g/mol. The first kappa shape index (κ1) is 37.9. The van der Waals surface area contributed by atoms with Crippen LogP contribution in [0.15, 0.2) is 192 Å². The number of aliphatic imine (C=N–C) groups is 2. The second-order valence-corrected chi connectivity index (χ2v) is 14.6. The largest absolute Gasteiger partial charge is 0.359 e. The number of hydrogen-bond acceptors (Lipinski definition) is 12. The predicted octanol–water partition coefficient (Wildman–Crippen LogP) is 8.88. The third-order valence-electron chi connectivity index (χ3n) is 10.6. The number of amidine groups is 2. The van der Waals surface area contributed by atoms with E-state index in [-0.39, 0.29) is 6.04 Å². The third kappa shape index (κ3) is 7.64. The van der Waals surface area contributed by atoms with Crippen molar-refractivity contribution < 1.29 is 0 Å². The van der Waals surface area contributed by atoms with Crippen molar-refractivity contribution in [2.75, 3.05) is 14.1 Å². The van der Waals surface area contributed by atoms with Crippen LogP contribution >= 0.6 is 0 Å². The number of rotatable bonds is 9. The minimum atomic E-state index is -0.561. The standard InChI is InChI=1S/C50H38N12/c1-61-46(43-25-11-20-38(56-43)35-17-5-8-32-53-35)28-14-29-47(61)50-60-48(44-26-12-23-41(57-44)39-21-9-18-36(54-39)33-15-3-6-30-51-33)59-49(62(50)2)45-27-13-24-42(58-45)40-22-10-19-37(55-40)34-16-4-7-31-52-34/h3-32,47,49H,1-2H3. The number of allylic oxidation sites excluding steroid dienone is 2. The second kappa shape index (κ2) is 16.7. The lowest BCUT2D eigenvalue weighted by Gasteiger charge is -2.39. The Morgan fingerprint density at radius 1 is 0.403 bits per heavy atom. The Labute approximate surface area is 358 Å². The van der Waals surface area contributed by atoms with E-state index in [1.165, 1.54) is 0 Å². The van der Waals surface area contributed by atoms with E-state index in [0.29, 0.717) is 28.6 Å². The molecule has 2 unspecified atom stereocenters. The predicted molar refractivity (Wildman–Crippen MR) is 242 cm³/mol. The minimum absolute atomic E-state index is 0.298. The van der Waals surface area contributed by atoms with Crippen molar-refractivity contribution in [1.82, 2.24) is 49.7 Å². The topological polar surface area (TPSA) is 134 Å². The molecule has 8 aromatic heterocycles. The van der Waals surface area contributed by atoms with E-state index < -0.39 is 6.17 Å². The van der Waals surface area contributed by atoms with Crippen molar-refractivity contribution >= 4 is 17.4 Å². The van der Waals surface area contributed by atoms with E-state index >= 15 is 0 Å². The maximum atomic E-state index is 5.30. The molecule has 0 radical (unpaired) electrons. The molecular formula is C50H38N12. The molecule has 12 heteroatoms. The highest BCUT2D eigenvalue weighted by Crippen LogP contribution is 2.33. The van der Waals surface area contributed by atoms with Crippen LogP contribution in [0.5, 0.6) is 0 Å². The van der Waals surface area contributed by atoms with E-state index in [1.54, 1.807) is 18.6 Å². The van der Waals surface area contributed by atoms with Gasteiger partial charge in [0, 0.05) is 32.7 Å². The van der Waals surface area contributed by atoms with Gasteiger partial charge >= 0.3 is 0 Å². The van der Waals surface area contributed by atoms with Gasteiger partial charge < -0.3 is 9.80 Å². The van der Waals surface area contributed by atoms with E-state index in [2.05, 4.69) is 50.0 Å². The third-order valence-corrected chi connectivity index (χ3v) is 10.6. The number of aromatic nitrogens is 8. The minimum Gasteiger partial charge on any atom is -0.359 e. The fourth-order valence-corrected chi connectivity index (χ4v) is 7.52. The number of nitrogens with zero attached hydrogens (tertiary/aromatic N) is 12. The molecule has 0 bridgehead atoms. The summed E-state index contributed by atoms with van der Waals surface area (Å²) in [7, 11) is 4.07. The van der Waals surface area contributed by atoms with Gasteiger partial charge in [0.2, 0.25) is 0 Å². The Kier molecular flexibility index (Phi) is 10.2. The van der Waals surface area contributed by atoms with Gasteiger partial charge in [0.25, 0.3) is 0 Å². The molecule has 62 heavy (non-hydrogen) atoms. The van der Waals surface area contributed by atoms with Gasteiger partial charge in [-0.15, -0.1) is 0 Å². The molecule has 8 aromatic rings. The number of hydrogen-bond donors (Lipinski definition) is 0. The van der Waals surface area contributed by atoms with Gasteiger partial charge in [-0.05, 0) is 103 Å². The Balaban J connectivity index is 1.04. The molecule has 0 aromatic carbocycles. The Morgan fingerprint density at radius 2 is 0.823 bits per heavy atom. The lowest BCUT2D eigenvalue weighted by atomic mass is 10.0. The lowest BCUT2D eigenvalue weighted by molar-refractivity contribution is 0.340. The molecule has 2 atom stereocenters. The van der Waals surface area contributed by atoms with Crippen molar-refractivity contribution in [3.05, 3.63) is 199 Å². The molecule has 0 N–H and O–H groups in total. The summed E-state index contributed by atoms with van der Waals surface area (Å²) in [4.78, 5) is 53.7. The van der Waals surface area contributed by atoms with Crippen molar-refractivity contribution in [3.8, 4) is 56.9 Å². The summed E-state index contributed by atoms with van der Waals surface area (Å²) >= 11 is 0. The normalized spacial score (nSPS) is 16.1. The van der Waals surface area contributed by atoms with Crippen LogP contribution in [0.1, 0.15) is 23.2 Å². The summed E-state index contributed by atoms with van der Waals surface area (Å²) in [6.07, 6.45) is 11.0. The van der Waals surface area contributed by atoms with Gasteiger partial charge in [0.1, 0.15) is 17.6 Å². The SMILES string of the molecule is CN1C(c2cccc(-c3ccccn3)n2)=CC=CC1C1=NC(c2cccc(-c3cccc(-c4ccccn4)n3)n2)=NC(c2cccc(-c3cccc(-c4ccccn4)n3)n2)N1C. The molecule has 0 saturated carbocycles. The van der Waals surface area contributed by atoms with E-state index in [4.69, 9.17) is 34.9 Å². The average Bonchev–Trinajstić information content (AvgIpc) is 3.35. The summed E-state index contributed by atoms with van der Waals surface area (Å²) in [6.45, 7) is 0. The van der Waals surface area contributed by atoms with Crippen LogP contribution in [0, 0.1) is 0 Å². The molecule has 0 fully saturated rings. The Hall–Kier alpha value is -8.38. The van der Waals surface area contributed by atoms with Gasteiger partial charge in [0.15, 0.2) is 12.0 Å². The van der Waals surface area contributed by atoms with Gasteiger partial charge in [-0.25, -0.2) is 34.9 Å². The van der Waals surface area contributed by atoms with Crippen LogP contribution < -0.4 is 0 Å². The van der Waals surface area contributed by atoms with Crippen LogP contribution in [0.3, 0.4) is 0 Å². The summed E-state index contributed by atoms with van der Waals surface area (Å²) in [5.74, 6) is 1.23. The fourth-order valence-electron chi connectivity index (χ4n) is 7.52. The maximum Gasteiger partial charge on any atom is 0.177 e. The van der Waals surface area contributed by atoms with Crippen molar-refractivity contribution in [3.63, 3.8) is 0 Å². The van der Waals surface area contributed by atoms with Crippen LogP contribution in [0.25, 0.3) is 62.6 Å². The van der Waals surface area contributed by atoms with Gasteiger partial charge in [-0.1, -0.05) is 60.7 Å². The van der Waals surface area contributed by atoms with Crippen LogP contribution in [-0.4, -0.2) is 81.5 Å². The smallest absolute Gasteiger partial charge is 0.177 e. The highest BCUT2D eigenvalue weighted by atomic mass is 15.4. The zero-order valence-corrected chi connectivity index (χ0v) is 33.8. The Bertz CT molecular complexity index is 3020.